The Labute approximate surface area is 88.9 Å². The van der Waals surface area contributed by atoms with E-state index in [1.54, 1.807) is 0 Å². The summed E-state index contributed by atoms with van der Waals surface area (Å²) in [6, 6.07) is 0. The number of hydrogen-bond donors (Lipinski definition) is 2. The monoisotopic (exact) mass is 201 g/mol. The molecule has 2 atom stereocenters. The molecule has 0 aliphatic rings. The molecule has 0 spiro atoms. The highest BCUT2D eigenvalue weighted by Crippen LogP contribution is 2.18. The van der Waals surface area contributed by atoms with Crippen molar-refractivity contribution in [3.05, 3.63) is 0 Å². The highest BCUT2D eigenvalue weighted by molar-refractivity contribution is 4.71. The molecule has 0 rings (SSSR count). The standard InChI is InChI=1S/C12H27NO/c1-4-5-6-7-12(14)11(9-13)8-10(2)3/h10-12,14H,4-9,13H2,1-3H3. The number of aliphatic hydroxyl groups is 1. The fraction of sp³-hybridized carbons (Fsp3) is 1.00. The summed E-state index contributed by atoms with van der Waals surface area (Å²) in [4.78, 5) is 0. The van der Waals surface area contributed by atoms with Crippen molar-refractivity contribution in [1.29, 1.82) is 0 Å². The van der Waals surface area contributed by atoms with Crippen molar-refractivity contribution in [2.45, 2.75) is 59.0 Å². The smallest absolute Gasteiger partial charge is 0.0580 e. The van der Waals surface area contributed by atoms with Gasteiger partial charge in [-0.2, -0.15) is 0 Å². The lowest BCUT2D eigenvalue weighted by Crippen LogP contribution is -2.29. The van der Waals surface area contributed by atoms with Crippen LogP contribution in [0.1, 0.15) is 52.9 Å². The molecule has 0 fully saturated rings. The maximum Gasteiger partial charge on any atom is 0.0580 e. The van der Waals surface area contributed by atoms with Crippen LogP contribution in [0, 0.1) is 11.8 Å². The summed E-state index contributed by atoms with van der Waals surface area (Å²) < 4.78 is 0. The molecule has 0 aromatic rings. The van der Waals surface area contributed by atoms with Crippen LogP contribution in [0.25, 0.3) is 0 Å². The second kappa shape index (κ2) is 8.25. The Kier molecular flexibility index (Phi) is 8.20. The predicted octanol–water partition coefficient (Wildman–Crippen LogP) is 2.55. The summed E-state index contributed by atoms with van der Waals surface area (Å²) in [5.74, 6) is 0.927. The largest absolute Gasteiger partial charge is 0.393 e. The first-order chi connectivity index (χ1) is 6.61. The fourth-order valence-corrected chi connectivity index (χ4v) is 1.86. The van der Waals surface area contributed by atoms with E-state index in [0.717, 1.165) is 19.3 Å². The van der Waals surface area contributed by atoms with Gasteiger partial charge in [0.1, 0.15) is 0 Å². The average Bonchev–Trinajstić information content (AvgIpc) is 2.14. The Morgan fingerprint density at radius 3 is 2.29 bits per heavy atom. The van der Waals surface area contributed by atoms with E-state index in [0.29, 0.717) is 18.4 Å². The van der Waals surface area contributed by atoms with Crippen molar-refractivity contribution < 1.29 is 5.11 Å². The number of unbranched alkanes of at least 4 members (excludes halogenated alkanes) is 2. The maximum atomic E-state index is 9.90. The van der Waals surface area contributed by atoms with Gasteiger partial charge in [-0.3, -0.25) is 0 Å². The molecular formula is C12H27NO. The number of rotatable bonds is 8. The second-order valence-electron chi connectivity index (χ2n) is 4.69. The Balaban J connectivity index is 3.73. The predicted molar refractivity (Wildman–Crippen MR) is 62.1 cm³/mol. The molecule has 0 aromatic carbocycles. The summed E-state index contributed by atoms with van der Waals surface area (Å²) in [5, 5.41) is 9.90. The van der Waals surface area contributed by atoms with E-state index >= 15 is 0 Å². The molecule has 86 valence electrons. The molecule has 0 aliphatic carbocycles. The van der Waals surface area contributed by atoms with Crippen LogP contribution < -0.4 is 5.73 Å². The van der Waals surface area contributed by atoms with Gasteiger partial charge in [0, 0.05) is 0 Å². The van der Waals surface area contributed by atoms with Gasteiger partial charge >= 0.3 is 0 Å². The number of aliphatic hydroxyl groups excluding tert-OH is 1. The van der Waals surface area contributed by atoms with E-state index in [9.17, 15) is 5.11 Å². The van der Waals surface area contributed by atoms with E-state index in [4.69, 9.17) is 5.73 Å². The van der Waals surface area contributed by atoms with Crippen molar-refractivity contribution in [3.8, 4) is 0 Å². The quantitative estimate of drug-likeness (QED) is 0.593. The Hall–Kier alpha value is -0.0800. The SMILES string of the molecule is CCCCCC(O)C(CN)CC(C)C. The zero-order valence-electron chi connectivity index (χ0n) is 10.00. The summed E-state index contributed by atoms with van der Waals surface area (Å²) in [5.41, 5.74) is 5.67. The summed E-state index contributed by atoms with van der Waals surface area (Å²) >= 11 is 0. The lowest BCUT2D eigenvalue weighted by molar-refractivity contribution is 0.0883. The van der Waals surface area contributed by atoms with Gasteiger partial charge in [-0.05, 0) is 31.2 Å². The first-order valence-corrected chi connectivity index (χ1v) is 5.99. The van der Waals surface area contributed by atoms with Gasteiger partial charge < -0.3 is 10.8 Å². The number of nitrogens with two attached hydrogens (primary N) is 1. The Morgan fingerprint density at radius 2 is 1.86 bits per heavy atom. The molecule has 2 nitrogen and oxygen atoms in total. The molecule has 0 saturated heterocycles. The van der Waals surface area contributed by atoms with E-state index in [1.165, 1.54) is 12.8 Å². The first-order valence-electron chi connectivity index (χ1n) is 5.99. The van der Waals surface area contributed by atoms with Crippen molar-refractivity contribution in [2.75, 3.05) is 6.54 Å². The van der Waals surface area contributed by atoms with Crippen LogP contribution in [-0.4, -0.2) is 17.8 Å². The summed E-state index contributed by atoms with van der Waals surface area (Å²) in [6.45, 7) is 7.16. The highest BCUT2D eigenvalue weighted by atomic mass is 16.3. The van der Waals surface area contributed by atoms with Gasteiger partial charge in [-0.1, -0.05) is 40.0 Å². The van der Waals surface area contributed by atoms with Crippen molar-refractivity contribution in [2.24, 2.45) is 17.6 Å². The molecule has 0 aliphatic heterocycles. The third-order valence-corrected chi connectivity index (χ3v) is 2.72. The molecule has 0 heterocycles. The third kappa shape index (κ3) is 6.39. The van der Waals surface area contributed by atoms with Crippen molar-refractivity contribution in [1.82, 2.24) is 0 Å². The van der Waals surface area contributed by atoms with Gasteiger partial charge in [-0.15, -0.1) is 0 Å². The molecule has 14 heavy (non-hydrogen) atoms. The van der Waals surface area contributed by atoms with Crippen molar-refractivity contribution in [3.63, 3.8) is 0 Å². The van der Waals surface area contributed by atoms with Gasteiger partial charge in [0.15, 0.2) is 0 Å². The summed E-state index contributed by atoms with van der Waals surface area (Å²) in [7, 11) is 0. The zero-order chi connectivity index (χ0) is 11.0. The molecule has 2 unspecified atom stereocenters. The minimum absolute atomic E-state index is 0.186. The molecule has 0 bridgehead atoms. The van der Waals surface area contributed by atoms with E-state index in [-0.39, 0.29) is 6.10 Å². The van der Waals surface area contributed by atoms with Crippen LogP contribution in [-0.2, 0) is 0 Å². The van der Waals surface area contributed by atoms with E-state index in [2.05, 4.69) is 20.8 Å². The van der Waals surface area contributed by atoms with Crippen LogP contribution in [0.15, 0.2) is 0 Å². The van der Waals surface area contributed by atoms with Gasteiger partial charge in [-0.25, -0.2) is 0 Å². The summed E-state index contributed by atoms with van der Waals surface area (Å²) in [6.07, 6.45) is 5.34. The topological polar surface area (TPSA) is 46.2 Å². The Morgan fingerprint density at radius 1 is 1.21 bits per heavy atom. The second-order valence-corrected chi connectivity index (χ2v) is 4.69. The van der Waals surface area contributed by atoms with Crippen LogP contribution in [0.4, 0.5) is 0 Å². The molecular weight excluding hydrogens is 174 g/mol. The van der Waals surface area contributed by atoms with E-state index in [1.807, 2.05) is 0 Å². The van der Waals surface area contributed by atoms with Gasteiger partial charge in [0.05, 0.1) is 6.10 Å². The molecule has 3 N–H and O–H groups in total. The molecule has 0 saturated carbocycles. The minimum Gasteiger partial charge on any atom is -0.393 e. The molecule has 0 aromatic heterocycles. The zero-order valence-corrected chi connectivity index (χ0v) is 10.00. The minimum atomic E-state index is -0.186. The van der Waals surface area contributed by atoms with Gasteiger partial charge in [0.2, 0.25) is 0 Å². The lowest BCUT2D eigenvalue weighted by Gasteiger charge is -2.23. The molecule has 0 amide bonds. The highest BCUT2D eigenvalue weighted by Gasteiger charge is 2.18. The van der Waals surface area contributed by atoms with Crippen LogP contribution in [0.2, 0.25) is 0 Å². The Bertz CT molecular complexity index is 125. The van der Waals surface area contributed by atoms with E-state index < -0.39 is 0 Å². The van der Waals surface area contributed by atoms with Crippen LogP contribution in [0.3, 0.4) is 0 Å². The normalized spacial score (nSPS) is 15.9. The van der Waals surface area contributed by atoms with Gasteiger partial charge in [0.25, 0.3) is 0 Å². The van der Waals surface area contributed by atoms with Crippen molar-refractivity contribution >= 4 is 0 Å². The maximum absolute atomic E-state index is 9.90. The number of hydrogen-bond acceptors (Lipinski definition) is 2. The van der Waals surface area contributed by atoms with Crippen LogP contribution in [0.5, 0.6) is 0 Å². The molecule has 0 radical (unpaired) electrons. The van der Waals surface area contributed by atoms with Crippen LogP contribution >= 0.6 is 0 Å². The lowest BCUT2D eigenvalue weighted by atomic mass is 9.89. The molecule has 2 heteroatoms. The average molecular weight is 201 g/mol. The fourth-order valence-electron chi connectivity index (χ4n) is 1.86. The first kappa shape index (κ1) is 13.9. The third-order valence-electron chi connectivity index (χ3n) is 2.72.